The SMILES string of the molecule is NNC(N)=NCCCN1CCCC1.OI. The van der Waals surface area contributed by atoms with E-state index in [2.05, 4.69) is 15.3 Å². The van der Waals surface area contributed by atoms with Crippen LogP contribution in [0.2, 0.25) is 0 Å². The summed E-state index contributed by atoms with van der Waals surface area (Å²) in [5.74, 6) is 5.38. The summed E-state index contributed by atoms with van der Waals surface area (Å²) in [6.07, 6.45) is 3.74. The average Bonchev–Trinajstić information content (AvgIpc) is 2.79. The Morgan fingerprint density at radius 1 is 1.40 bits per heavy atom. The van der Waals surface area contributed by atoms with Gasteiger partial charge in [-0.15, -0.1) is 0 Å². The molecule has 0 unspecified atom stereocenters. The lowest BCUT2D eigenvalue weighted by Crippen LogP contribution is -2.37. The van der Waals surface area contributed by atoms with Crippen LogP contribution in [0.4, 0.5) is 0 Å². The molecular formula is C8H20IN5O. The molecule has 0 atom stereocenters. The summed E-state index contributed by atoms with van der Waals surface area (Å²) in [5, 5.41) is 0. The zero-order valence-corrected chi connectivity index (χ0v) is 11.0. The highest BCUT2D eigenvalue weighted by molar-refractivity contribution is 14.1. The summed E-state index contributed by atoms with van der Waals surface area (Å²) in [6, 6.07) is 0. The maximum absolute atomic E-state index is 6.97. The summed E-state index contributed by atoms with van der Waals surface area (Å²) < 4.78 is 6.97. The van der Waals surface area contributed by atoms with Crippen LogP contribution in [0.5, 0.6) is 0 Å². The molecule has 15 heavy (non-hydrogen) atoms. The molecule has 0 aromatic rings. The molecule has 6 N–H and O–H groups in total. The van der Waals surface area contributed by atoms with Gasteiger partial charge >= 0.3 is 0 Å². The first-order chi connectivity index (χ1) is 7.33. The molecule has 90 valence electrons. The third-order valence-electron chi connectivity index (χ3n) is 2.26. The van der Waals surface area contributed by atoms with E-state index in [1.165, 1.54) is 25.9 Å². The maximum atomic E-state index is 6.97. The van der Waals surface area contributed by atoms with Crippen LogP contribution in [0.15, 0.2) is 4.99 Å². The summed E-state index contributed by atoms with van der Waals surface area (Å²) in [5.41, 5.74) is 7.68. The third kappa shape index (κ3) is 7.77. The second kappa shape index (κ2) is 10.4. The zero-order valence-electron chi connectivity index (χ0n) is 8.82. The van der Waals surface area contributed by atoms with Gasteiger partial charge in [0.25, 0.3) is 0 Å². The fourth-order valence-corrected chi connectivity index (χ4v) is 1.55. The second-order valence-electron chi connectivity index (χ2n) is 3.31. The van der Waals surface area contributed by atoms with Crippen molar-refractivity contribution >= 4 is 29.0 Å². The quantitative estimate of drug-likeness (QED) is 0.140. The number of hydrogen-bond donors (Lipinski definition) is 4. The van der Waals surface area contributed by atoms with E-state index in [0.717, 1.165) is 42.5 Å². The van der Waals surface area contributed by atoms with Crippen molar-refractivity contribution in [2.45, 2.75) is 19.3 Å². The Labute approximate surface area is 105 Å². The molecule has 1 fully saturated rings. The first-order valence-corrected chi connectivity index (χ1v) is 5.95. The largest absolute Gasteiger partial charge is 0.369 e. The molecule has 1 aliphatic rings. The number of nitrogens with zero attached hydrogens (tertiary/aromatic N) is 2. The van der Waals surface area contributed by atoms with Crippen LogP contribution >= 0.6 is 23.0 Å². The molecule has 0 amide bonds. The van der Waals surface area contributed by atoms with Crippen LogP contribution in [0, 0.1) is 0 Å². The van der Waals surface area contributed by atoms with Gasteiger partial charge in [0.2, 0.25) is 5.96 Å². The Balaban J connectivity index is 0.000000921. The second-order valence-corrected chi connectivity index (χ2v) is 3.31. The third-order valence-corrected chi connectivity index (χ3v) is 2.26. The Kier molecular flexibility index (Phi) is 10.3. The number of likely N-dealkylation sites (tertiary alicyclic amines) is 1. The number of hydrogen-bond acceptors (Lipinski definition) is 4. The fraction of sp³-hybridized carbons (Fsp3) is 0.875. The van der Waals surface area contributed by atoms with Gasteiger partial charge in [-0.1, -0.05) is 0 Å². The molecule has 0 aliphatic carbocycles. The zero-order chi connectivity index (χ0) is 11.5. The van der Waals surface area contributed by atoms with Crippen LogP contribution in [-0.4, -0.2) is 40.5 Å². The monoisotopic (exact) mass is 329 g/mol. The summed E-state index contributed by atoms with van der Waals surface area (Å²) >= 11 is 1.15. The fourth-order valence-electron chi connectivity index (χ4n) is 1.55. The maximum Gasteiger partial charge on any atom is 0.203 e. The van der Waals surface area contributed by atoms with Gasteiger partial charge in [-0.05, 0) is 38.9 Å². The molecule has 6 nitrogen and oxygen atoms in total. The Morgan fingerprint density at radius 2 is 2.00 bits per heavy atom. The van der Waals surface area contributed by atoms with E-state index in [4.69, 9.17) is 15.0 Å². The van der Waals surface area contributed by atoms with Crippen LogP contribution < -0.4 is 17.0 Å². The summed E-state index contributed by atoms with van der Waals surface area (Å²) in [6.45, 7) is 4.37. The van der Waals surface area contributed by atoms with Crippen molar-refractivity contribution < 1.29 is 3.44 Å². The molecule has 1 rings (SSSR count). The normalized spacial score (nSPS) is 17.1. The molecule has 1 heterocycles. The Hall–Kier alpha value is -0.120. The highest BCUT2D eigenvalue weighted by Gasteiger charge is 2.09. The number of aliphatic imine (C=N–C) groups is 1. The minimum Gasteiger partial charge on any atom is -0.369 e. The molecule has 1 saturated heterocycles. The number of guanidine groups is 1. The van der Waals surface area contributed by atoms with Crippen molar-refractivity contribution in [2.24, 2.45) is 16.6 Å². The minimum absolute atomic E-state index is 0.321. The molecule has 0 radical (unpaired) electrons. The van der Waals surface area contributed by atoms with Crippen molar-refractivity contribution in [1.29, 1.82) is 0 Å². The standard InChI is InChI=1S/C8H19N5.HIO/c9-8(12-10)11-4-3-7-13-5-1-2-6-13;1-2/h1-7,10H2,(H3,9,11,12);2H. The number of halogens is 1. The molecule has 0 saturated carbocycles. The van der Waals surface area contributed by atoms with E-state index in [1.807, 2.05) is 0 Å². The van der Waals surface area contributed by atoms with Gasteiger partial charge in [-0.25, -0.2) is 5.84 Å². The molecule has 0 bridgehead atoms. The minimum atomic E-state index is 0.321. The van der Waals surface area contributed by atoms with Gasteiger partial charge in [0.15, 0.2) is 0 Å². The lowest BCUT2D eigenvalue weighted by atomic mass is 10.4. The molecule has 1 aliphatic heterocycles. The van der Waals surface area contributed by atoms with Crippen LogP contribution in [0.1, 0.15) is 19.3 Å². The summed E-state index contributed by atoms with van der Waals surface area (Å²) in [4.78, 5) is 6.50. The van der Waals surface area contributed by atoms with Crippen LogP contribution in [0.3, 0.4) is 0 Å². The highest BCUT2D eigenvalue weighted by Crippen LogP contribution is 2.06. The van der Waals surface area contributed by atoms with E-state index >= 15 is 0 Å². The van der Waals surface area contributed by atoms with Gasteiger partial charge in [-0.2, -0.15) is 0 Å². The van der Waals surface area contributed by atoms with Crippen LogP contribution in [-0.2, 0) is 0 Å². The van der Waals surface area contributed by atoms with Crippen molar-refractivity contribution in [2.75, 3.05) is 26.2 Å². The van der Waals surface area contributed by atoms with Gasteiger partial charge in [0.05, 0.1) is 0 Å². The van der Waals surface area contributed by atoms with E-state index in [-0.39, 0.29) is 0 Å². The predicted molar refractivity (Wildman–Crippen MR) is 70.3 cm³/mol. The predicted octanol–water partition coefficient (Wildman–Crippen LogP) is -0.421. The average molecular weight is 329 g/mol. The van der Waals surface area contributed by atoms with Crippen molar-refractivity contribution in [3.63, 3.8) is 0 Å². The van der Waals surface area contributed by atoms with Gasteiger partial charge < -0.3 is 14.1 Å². The molecule has 0 aromatic carbocycles. The van der Waals surface area contributed by atoms with E-state index in [0.29, 0.717) is 5.96 Å². The smallest absolute Gasteiger partial charge is 0.203 e. The van der Waals surface area contributed by atoms with Crippen molar-refractivity contribution in [1.82, 2.24) is 10.3 Å². The number of nitrogens with two attached hydrogens (primary N) is 2. The lowest BCUT2D eigenvalue weighted by Gasteiger charge is -2.12. The van der Waals surface area contributed by atoms with E-state index in [1.54, 1.807) is 0 Å². The molecule has 0 spiro atoms. The van der Waals surface area contributed by atoms with Crippen LogP contribution in [0.25, 0.3) is 0 Å². The number of rotatable bonds is 4. The molecule has 0 aromatic heterocycles. The van der Waals surface area contributed by atoms with E-state index < -0.39 is 0 Å². The highest BCUT2D eigenvalue weighted by atomic mass is 127. The van der Waals surface area contributed by atoms with Gasteiger partial charge in [0.1, 0.15) is 23.0 Å². The van der Waals surface area contributed by atoms with Crippen molar-refractivity contribution in [3.05, 3.63) is 0 Å². The first-order valence-electron chi connectivity index (χ1n) is 4.98. The van der Waals surface area contributed by atoms with Crippen molar-refractivity contribution in [3.8, 4) is 0 Å². The Morgan fingerprint density at radius 3 is 2.53 bits per heavy atom. The van der Waals surface area contributed by atoms with Gasteiger partial charge in [0, 0.05) is 6.54 Å². The molecule has 7 heteroatoms. The Bertz CT molecular complexity index is 172. The van der Waals surface area contributed by atoms with E-state index in [9.17, 15) is 0 Å². The lowest BCUT2D eigenvalue weighted by molar-refractivity contribution is 0.336. The van der Waals surface area contributed by atoms with Gasteiger partial charge in [-0.3, -0.25) is 10.4 Å². The summed E-state index contributed by atoms with van der Waals surface area (Å²) in [7, 11) is 0. The number of hydrazine groups is 1. The topological polar surface area (TPSA) is 99.9 Å². The molecular weight excluding hydrogens is 309 g/mol. The number of nitrogens with one attached hydrogen (secondary N) is 1. The first kappa shape index (κ1) is 14.9.